The van der Waals surface area contributed by atoms with E-state index in [4.69, 9.17) is 9.84 Å². The number of carboxylic acids is 1. The van der Waals surface area contributed by atoms with E-state index in [1.807, 2.05) is 0 Å². The Bertz CT molecular complexity index is 494. The van der Waals surface area contributed by atoms with Crippen molar-refractivity contribution in [3.8, 4) is 0 Å². The third-order valence-corrected chi connectivity index (χ3v) is 3.28. The SMILES string of the molecule is O=C(O)C[C@@H]1COCCN1C(=O)c1cncc(Br)c1. The maximum absolute atomic E-state index is 12.4. The summed E-state index contributed by atoms with van der Waals surface area (Å²) in [6.45, 7) is 1.06. The molecule has 0 radical (unpaired) electrons. The van der Waals surface area contributed by atoms with Crippen molar-refractivity contribution in [1.29, 1.82) is 0 Å². The van der Waals surface area contributed by atoms with Crippen LogP contribution in [0.5, 0.6) is 0 Å². The molecule has 1 aromatic heterocycles. The fraction of sp³-hybridized carbons (Fsp3) is 0.417. The van der Waals surface area contributed by atoms with Crippen LogP contribution in [0.15, 0.2) is 22.9 Å². The largest absolute Gasteiger partial charge is 0.481 e. The van der Waals surface area contributed by atoms with Crippen LogP contribution >= 0.6 is 15.9 Å². The maximum atomic E-state index is 12.4. The van der Waals surface area contributed by atoms with Crippen molar-refractivity contribution in [3.63, 3.8) is 0 Å². The van der Waals surface area contributed by atoms with E-state index in [1.165, 1.54) is 6.20 Å². The lowest BCUT2D eigenvalue weighted by Gasteiger charge is -2.34. The fourth-order valence-corrected chi connectivity index (χ4v) is 2.35. The van der Waals surface area contributed by atoms with Crippen LogP contribution in [0.1, 0.15) is 16.8 Å². The predicted molar refractivity (Wildman–Crippen MR) is 69.8 cm³/mol. The van der Waals surface area contributed by atoms with E-state index in [9.17, 15) is 9.59 Å². The highest BCUT2D eigenvalue weighted by atomic mass is 79.9. The van der Waals surface area contributed by atoms with Crippen LogP contribution in [0.2, 0.25) is 0 Å². The van der Waals surface area contributed by atoms with Crippen LogP contribution in [-0.2, 0) is 9.53 Å². The van der Waals surface area contributed by atoms with Crippen LogP contribution in [0.4, 0.5) is 0 Å². The molecule has 0 saturated carbocycles. The number of amides is 1. The van der Waals surface area contributed by atoms with Crippen molar-refractivity contribution in [2.45, 2.75) is 12.5 Å². The first-order chi connectivity index (χ1) is 9.08. The number of hydrogen-bond donors (Lipinski definition) is 1. The summed E-state index contributed by atoms with van der Waals surface area (Å²) in [6.07, 6.45) is 2.94. The summed E-state index contributed by atoms with van der Waals surface area (Å²) in [5, 5.41) is 8.87. The van der Waals surface area contributed by atoms with Gasteiger partial charge in [-0.25, -0.2) is 0 Å². The van der Waals surface area contributed by atoms with Crippen LogP contribution in [0.3, 0.4) is 0 Å². The lowest BCUT2D eigenvalue weighted by molar-refractivity contribution is -0.139. The number of nitrogens with zero attached hydrogens (tertiary/aromatic N) is 2. The van der Waals surface area contributed by atoms with Crippen molar-refractivity contribution in [2.24, 2.45) is 0 Å². The highest BCUT2D eigenvalue weighted by Crippen LogP contribution is 2.17. The molecule has 1 aromatic rings. The summed E-state index contributed by atoms with van der Waals surface area (Å²) < 4.78 is 5.95. The van der Waals surface area contributed by atoms with Crippen molar-refractivity contribution < 1.29 is 19.4 Å². The zero-order valence-electron chi connectivity index (χ0n) is 10.1. The van der Waals surface area contributed by atoms with E-state index in [2.05, 4.69) is 20.9 Å². The average molecular weight is 329 g/mol. The van der Waals surface area contributed by atoms with Crippen molar-refractivity contribution in [2.75, 3.05) is 19.8 Å². The molecule has 2 rings (SSSR count). The molecular formula is C12H13BrN2O4. The molecule has 0 aliphatic carbocycles. The zero-order valence-corrected chi connectivity index (χ0v) is 11.7. The molecule has 2 heterocycles. The first kappa shape index (κ1) is 14.0. The number of hydrogen-bond acceptors (Lipinski definition) is 4. The van der Waals surface area contributed by atoms with Gasteiger partial charge in [0.2, 0.25) is 0 Å². The maximum Gasteiger partial charge on any atom is 0.305 e. The zero-order chi connectivity index (χ0) is 13.8. The van der Waals surface area contributed by atoms with Crippen LogP contribution in [0, 0.1) is 0 Å². The van der Waals surface area contributed by atoms with Gasteiger partial charge in [-0.3, -0.25) is 14.6 Å². The number of rotatable bonds is 3. The van der Waals surface area contributed by atoms with Crippen LogP contribution in [-0.4, -0.2) is 52.7 Å². The van der Waals surface area contributed by atoms with Crippen molar-refractivity contribution >= 4 is 27.8 Å². The van der Waals surface area contributed by atoms with Gasteiger partial charge in [0.05, 0.1) is 31.2 Å². The van der Waals surface area contributed by atoms with E-state index in [0.717, 1.165) is 0 Å². The number of halogens is 1. The first-order valence-electron chi connectivity index (χ1n) is 5.79. The minimum Gasteiger partial charge on any atom is -0.481 e. The molecule has 102 valence electrons. The van der Waals surface area contributed by atoms with E-state index in [0.29, 0.717) is 23.2 Å². The summed E-state index contributed by atoms with van der Waals surface area (Å²) in [4.78, 5) is 28.7. The number of carbonyl (C=O) groups is 2. The molecule has 1 atom stereocenters. The standard InChI is InChI=1S/C12H13BrN2O4/c13-9-3-8(5-14-6-9)12(18)15-1-2-19-7-10(15)4-11(16)17/h3,5-6,10H,1-2,4,7H2,(H,16,17)/t10-/m1/s1. The van der Waals surface area contributed by atoms with Gasteiger partial charge in [0.15, 0.2) is 0 Å². The Morgan fingerprint density at radius 2 is 2.32 bits per heavy atom. The molecule has 6 nitrogen and oxygen atoms in total. The van der Waals surface area contributed by atoms with Gasteiger partial charge in [-0.2, -0.15) is 0 Å². The molecule has 7 heteroatoms. The monoisotopic (exact) mass is 328 g/mol. The van der Waals surface area contributed by atoms with Crippen LogP contribution in [0.25, 0.3) is 0 Å². The lowest BCUT2D eigenvalue weighted by Crippen LogP contribution is -2.49. The average Bonchev–Trinajstić information content (AvgIpc) is 2.38. The molecule has 1 fully saturated rings. The third kappa shape index (κ3) is 3.51. The molecule has 0 bridgehead atoms. The third-order valence-electron chi connectivity index (χ3n) is 2.85. The van der Waals surface area contributed by atoms with Gasteiger partial charge in [0, 0.05) is 23.4 Å². The highest BCUT2D eigenvalue weighted by Gasteiger charge is 2.29. The second-order valence-electron chi connectivity index (χ2n) is 4.22. The number of pyridine rings is 1. The smallest absolute Gasteiger partial charge is 0.305 e. The number of aliphatic carboxylic acids is 1. The predicted octanol–water partition coefficient (Wildman–Crippen LogP) is 1.16. The Morgan fingerprint density at radius 3 is 3.00 bits per heavy atom. The number of aromatic nitrogens is 1. The van der Waals surface area contributed by atoms with Gasteiger partial charge in [-0.1, -0.05) is 0 Å². The topological polar surface area (TPSA) is 79.7 Å². The Morgan fingerprint density at radius 1 is 1.53 bits per heavy atom. The van der Waals surface area contributed by atoms with Crippen molar-refractivity contribution in [3.05, 3.63) is 28.5 Å². The molecular weight excluding hydrogens is 316 g/mol. The fourth-order valence-electron chi connectivity index (χ4n) is 1.99. The Hall–Kier alpha value is -1.47. The molecule has 1 aliphatic rings. The summed E-state index contributed by atoms with van der Waals surface area (Å²) >= 11 is 3.26. The van der Waals surface area contributed by atoms with Crippen molar-refractivity contribution in [1.82, 2.24) is 9.88 Å². The minimum absolute atomic E-state index is 0.118. The Kier molecular flexibility index (Phi) is 4.49. The van der Waals surface area contributed by atoms with E-state index in [1.54, 1.807) is 17.2 Å². The van der Waals surface area contributed by atoms with E-state index >= 15 is 0 Å². The van der Waals surface area contributed by atoms with Gasteiger partial charge in [0.1, 0.15) is 0 Å². The molecule has 19 heavy (non-hydrogen) atoms. The summed E-state index contributed by atoms with van der Waals surface area (Å²) in [5.41, 5.74) is 0.437. The quantitative estimate of drug-likeness (QED) is 0.900. The highest BCUT2D eigenvalue weighted by molar-refractivity contribution is 9.10. The first-order valence-corrected chi connectivity index (χ1v) is 6.58. The number of ether oxygens (including phenoxy) is 1. The Labute approximate surface area is 118 Å². The minimum atomic E-state index is -0.944. The molecule has 0 unspecified atom stereocenters. The summed E-state index contributed by atoms with van der Waals surface area (Å²) in [5.74, 6) is -1.16. The number of carboxylic acid groups (broad SMARTS) is 1. The molecule has 1 aliphatic heterocycles. The summed E-state index contributed by atoms with van der Waals surface area (Å²) in [6, 6.07) is 1.24. The molecule has 1 saturated heterocycles. The lowest BCUT2D eigenvalue weighted by atomic mass is 10.1. The van der Waals surface area contributed by atoms with Gasteiger partial charge in [-0.05, 0) is 22.0 Å². The van der Waals surface area contributed by atoms with Gasteiger partial charge in [-0.15, -0.1) is 0 Å². The van der Waals surface area contributed by atoms with Gasteiger partial charge in [0.25, 0.3) is 5.91 Å². The van der Waals surface area contributed by atoms with Gasteiger partial charge < -0.3 is 14.7 Å². The Balaban J connectivity index is 2.17. The molecule has 0 aromatic carbocycles. The summed E-state index contributed by atoms with van der Waals surface area (Å²) in [7, 11) is 0. The molecule has 1 amide bonds. The van der Waals surface area contributed by atoms with Gasteiger partial charge >= 0.3 is 5.97 Å². The van der Waals surface area contributed by atoms with E-state index < -0.39 is 12.0 Å². The second kappa shape index (κ2) is 6.12. The molecule has 1 N–H and O–H groups in total. The number of carbonyl (C=O) groups excluding carboxylic acids is 1. The van der Waals surface area contributed by atoms with E-state index in [-0.39, 0.29) is 18.9 Å². The molecule has 0 spiro atoms. The normalized spacial score (nSPS) is 19.2. The number of morpholine rings is 1. The second-order valence-corrected chi connectivity index (χ2v) is 5.13. The van der Waals surface area contributed by atoms with Crippen LogP contribution < -0.4 is 0 Å².